The summed E-state index contributed by atoms with van der Waals surface area (Å²) in [5.41, 5.74) is 0.144. The molecule has 0 radical (unpaired) electrons. The lowest BCUT2D eigenvalue weighted by Crippen LogP contribution is -2.57. The molecule has 11 heteroatoms. The monoisotopic (exact) mass is 604 g/mol. The van der Waals surface area contributed by atoms with E-state index in [9.17, 15) is 19.2 Å². The first-order chi connectivity index (χ1) is 20.3. The van der Waals surface area contributed by atoms with E-state index in [2.05, 4.69) is 35.1 Å². The van der Waals surface area contributed by atoms with Crippen LogP contribution in [-0.4, -0.2) is 67.0 Å². The van der Waals surface area contributed by atoms with Gasteiger partial charge in [0.05, 0.1) is 12.6 Å². The van der Waals surface area contributed by atoms with Gasteiger partial charge in [-0.25, -0.2) is 9.59 Å². The fraction of sp³-hybridized carbons (Fsp3) is 0.688. The number of hydrogen-bond donors (Lipinski definition) is 4. The zero-order chi connectivity index (χ0) is 32.0. The highest BCUT2D eigenvalue weighted by Crippen LogP contribution is 2.21. The molecule has 1 heterocycles. The summed E-state index contributed by atoms with van der Waals surface area (Å²) in [7, 11) is 0. The molecule has 1 aromatic carbocycles. The van der Waals surface area contributed by atoms with Crippen molar-refractivity contribution in [3.05, 3.63) is 35.9 Å². The number of nitrogens with one attached hydrogen (secondary N) is 4. The van der Waals surface area contributed by atoms with Gasteiger partial charge in [-0.15, -0.1) is 0 Å². The summed E-state index contributed by atoms with van der Waals surface area (Å²) in [6.45, 7) is 14.4. The highest BCUT2D eigenvalue weighted by atomic mass is 16.6. The summed E-state index contributed by atoms with van der Waals surface area (Å²) in [5.74, 6) is -0.506. The van der Waals surface area contributed by atoms with E-state index in [1.165, 1.54) is 0 Å². The average Bonchev–Trinajstić information content (AvgIpc) is 3.78. The Labute approximate surface area is 256 Å². The average molecular weight is 605 g/mol. The summed E-state index contributed by atoms with van der Waals surface area (Å²) >= 11 is 0. The molecule has 1 aromatic rings. The van der Waals surface area contributed by atoms with Gasteiger partial charge in [-0.05, 0) is 63.9 Å². The molecular formula is C32H52N4O7. The van der Waals surface area contributed by atoms with E-state index in [4.69, 9.17) is 14.2 Å². The van der Waals surface area contributed by atoms with Gasteiger partial charge in [-0.1, -0.05) is 64.4 Å². The number of carbonyl (C=O) groups excluding carboxylic acids is 4. The van der Waals surface area contributed by atoms with Crippen molar-refractivity contribution in [3.63, 3.8) is 0 Å². The molecule has 11 nitrogen and oxygen atoms in total. The third-order valence-corrected chi connectivity index (χ3v) is 7.06. The van der Waals surface area contributed by atoms with E-state index in [-0.39, 0.29) is 37.0 Å². The predicted octanol–water partition coefficient (Wildman–Crippen LogP) is 4.44. The molecule has 1 fully saturated rings. The van der Waals surface area contributed by atoms with Crippen LogP contribution in [0.4, 0.5) is 9.59 Å². The van der Waals surface area contributed by atoms with E-state index >= 15 is 0 Å². The van der Waals surface area contributed by atoms with Crippen molar-refractivity contribution in [1.29, 1.82) is 0 Å². The molecule has 0 spiro atoms. The van der Waals surface area contributed by atoms with Gasteiger partial charge in [-0.2, -0.15) is 0 Å². The maximum absolute atomic E-state index is 13.5. The third-order valence-electron chi connectivity index (χ3n) is 7.06. The van der Waals surface area contributed by atoms with E-state index in [1.807, 2.05) is 44.2 Å². The molecule has 0 aromatic heterocycles. The maximum Gasteiger partial charge on any atom is 0.408 e. The van der Waals surface area contributed by atoms with Gasteiger partial charge >= 0.3 is 12.2 Å². The molecule has 5 atom stereocenters. The molecule has 4 N–H and O–H groups in total. The van der Waals surface area contributed by atoms with Crippen LogP contribution < -0.4 is 21.3 Å². The number of rotatable bonds is 17. The molecule has 0 bridgehead atoms. The van der Waals surface area contributed by atoms with E-state index < -0.39 is 35.8 Å². The Morgan fingerprint density at radius 1 is 0.953 bits per heavy atom. The Hall–Kier alpha value is -3.34. The van der Waals surface area contributed by atoms with Gasteiger partial charge in [0.15, 0.2) is 0 Å². The minimum absolute atomic E-state index is 0.00885. The molecule has 4 amide bonds. The Morgan fingerprint density at radius 3 is 2.21 bits per heavy atom. The first-order valence-corrected chi connectivity index (χ1v) is 15.5. The quantitative estimate of drug-likeness (QED) is 0.152. The Kier molecular flexibility index (Phi) is 14.8. The number of unbranched alkanes of at least 4 members (excludes halogenated alkanes) is 1. The normalized spacial score (nSPS) is 17.2. The number of epoxide rings is 1. The van der Waals surface area contributed by atoms with Crippen molar-refractivity contribution in [3.8, 4) is 0 Å². The second kappa shape index (κ2) is 17.7. The molecule has 0 aliphatic carbocycles. The SMILES string of the molecule is CC[C@H](C)[C@H](NC(=O)[C@H](CCCCNC(=O)OCc1ccccc1)NC(=O)OC(C)(C)C)C(=O)N[C@@H](CC(C)C)[C@@H]1CO1. The van der Waals surface area contributed by atoms with Crippen molar-refractivity contribution in [2.75, 3.05) is 13.2 Å². The van der Waals surface area contributed by atoms with Crippen molar-refractivity contribution in [2.24, 2.45) is 11.8 Å². The van der Waals surface area contributed by atoms with Crippen molar-refractivity contribution in [2.45, 2.75) is 117 Å². The zero-order valence-electron chi connectivity index (χ0n) is 26.9. The lowest BCUT2D eigenvalue weighted by Gasteiger charge is -2.29. The number of benzene rings is 1. The van der Waals surface area contributed by atoms with E-state index in [1.54, 1.807) is 20.8 Å². The van der Waals surface area contributed by atoms with E-state index in [0.717, 1.165) is 12.0 Å². The molecule has 1 saturated heterocycles. The second-order valence-corrected chi connectivity index (χ2v) is 12.7. The van der Waals surface area contributed by atoms with Crippen LogP contribution in [0.3, 0.4) is 0 Å². The van der Waals surface area contributed by atoms with Crippen molar-refractivity contribution >= 4 is 24.0 Å². The van der Waals surface area contributed by atoms with Crippen LogP contribution in [0.5, 0.6) is 0 Å². The molecule has 0 unspecified atom stereocenters. The van der Waals surface area contributed by atoms with Gasteiger partial charge in [0.25, 0.3) is 0 Å². The number of carbonyl (C=O) groups is 4. The van der Waals surface area contributed by atoms with Crippen LogP contribution >= 0.6 is 0 Å². The predicted molar refractivity (Wildman–Crippen MR) is 164 cm³/mol. The fourth-order valence-corrected chi connectivity index (χ4v) is 4.48. The van der Waals surface area contributed by atoms with E-state index in [0.29, 0.717) is 38.3 Å². The first kappa shape index (κ1) is 35.9. The molecule has 1 aliphatic heterocycles. The second-order valence-electron chi connectivity index (χ2n) is 12.7. The smallest absolute Gasteiger partial charge is 0.408 e. The van der Waals surface area contributed by atoms with Gasteiger partial charge in [0.2, 0.25) is 11.8 Å². The summed E-state index contributed by atoms with van der Waals surface area (Å²) < 4.78 is 16.1. The number of amides is 4. The number of ether oxygens (including phenoxy) is 3. The molecule has 242 valence electrons. The van der Waals surface area contributed by atoms with Crippen LogP contribution in [0.2, 0.25) is 0 Å². The van der Waals surface area contributed by atoms with Crippen LogP contribution in [-0.2, 0) is 30.4 Å². The summed E-state index contributed by atoms with van der Waals surface area (Å²) in [4.78, 5) is 51.5. The van der Waals surface area contributed by atoms with Gasteiger partial charge in [0, 0.05) is 6.54 Å². The van der Waals surface area contributed by atoms with Crippen molar-refractivity contribution in [1.82, 2.24) is 21.3 Å². The van der Waals surface area contributed by atoms with Crippen molar-refractivity contribution < 1.29 is 33.4 Å². The van der Waals surface area contributed by atoms with Gasteiger partial charge < -0.3 is 35.5 Å². The fourth-order valence-electron chi connectivity index (χ4n) is 4.48. The first-order valence-electron chi connectivity index (χ1n) is 15.5. The summed E-state index contributed by atoms with van der Waals surface area (Å²) in [6.07, 6.45) is 1.54. The summed E-state index contributed by atoms with van der Waals surface area (Å²) in [6, 6.07) is 7.54. The molecule has 0 saturated carbocycles. The molecule has 2 rings (SSSR count). The molecular weight excluding hydrogens is 552 g/mol. The topological polar surface area (TPSA) is 147 Å². The highest BCUT2D eigenvalue weighted by molar-refractivity contribution is 5.91. The Balaban J connectivity index is 1.97. The largest absolute Gasteiger partial charge is 0.445 e. The Morgan fingerprint density at radius 2 is 1.63 bits per heavy atom. The molecule has 43 heavy (non-hydrogen) atoms. The van der Waals surface area contributed by atoms with Crippen LogP contribution in [0.15, 0.2) is 30.3 Å². The Bertz CT molecular complexity index is 1020. The molecule has 1 aliphatic rings. The van der Waals surface area contributed by atoms with Crippen LogP contribution in [0.25, 0.3) is 0 Å². The lowest BCUT2D eigenvalue weighted by molar-refractivity contribution is -0.131. The standard InChI is InChI=1S/C32H52N4O7/c1-8-22(4)27(29(38)34-25(18-21(2)3)26-20-41-26)36-28(37)24(35-31(40)43-32(5,6)7)16-12-13-17-33-30(39)42-19-23-14-10-9-11-15-23/h9-11,14-15,21-22,24-27H,8,12-13,16-20H2,1-7H3,(H,33,39)(H,34,38)(H,35,40)(H,36,37)/t22-,24-,25-,26-,27-/m0/s1. The van der Waals surface area contributed by atoms with Gasteiger partial charge in [0.1, 0.15) is 30.4 Å². The minimum Gasteiger partial charge on any atom is -0.445 e. The third kappa shape index (κ3) is 14.6. The van der Waals surface area contributed by atoms with Crippen LogP contribution in [0, 0.1) is 11.8 Å². The maximum atomic E-state index is 13.5. The zero-order valence-corrected chi connectivity index (χ0v) is 26.9. The minimum atomic E-state index is -0.933. The highest BCUT2D eigenvalue weighted by Gasteiger charge is 2.37. The number of hydrogen-bond acceptors (Lipinski definition) is 7. The van der Waals surface area contributed by atoms with Gasteiger partial charge in [-0.3, -0.25) is 9.59 Å². The lowest BCUT2D eigenvalue weighted by atomic mass is 9.95. The van der Waals surface area contributed by atoms with Crippen LogP contribution in [0.1, 0.15) is 86.1 Å². The summed E-state index contributed by atoms with van der Waals surface area (Å²) in [5, 5.41) is 11.4. The number of alkyl carbamates (subject to hydrolysis) is 2.